The normalized spacial score (nSPS) is 14.4. The second-order valence-corrected chi connectivity index (χ2v) is 9.33. The Morgan fingerprint density at radius 2 is 1.83 bits per heavy atom. The fraction of sp³-hybridized carbons (Fsp3) is 0.179. The first kappa shape index (κ1) is 24.1. The molecule has 36 heavy (non-hydrogen) atoms. The van der Waals surface area contributed by atoms with Crippen LogP contribution in [0.25, 0.3) is 16.9 Å². The van der Waals surface area contributed by atoms with Gasteiger partial charge in [0.05, 0.1) is 29.1 Å². The number of hydrogen-bond donors (Lipinski definition) is 1. The van der Waals surface area contributed by atoms with Crippen LogP contribution < -0.4 is 5.32 Å². The van der Waals surface area contributed by atoms with Gasteiger partial charge in [-0.1, -0.05) is 47.5 Å². The van der Waals surface area contributed by atoms with Crippen LogP contribution in [0, 0.1) is 0 Å². The van der Waals surface area contributed by atoms with E-state index in [-0.39, 0.29) is 24.2 Å². The van der Waals surface area contributed by atoms with E-state index in [0.29, 0.717) is 32.6 Å². The Labute approximate surface area is 218 Å². The van der Waals surface area contributed by atoms with Gasteiger partial charge in [-0.2, -0.15) is 5.10 Å². The molecule has 0 spiro atoms. The molecule has 0 aliphatic heterocycles. The Morgan fingerprint density at radius 3 is 2.58 bits per heavy atom. The number of esters is 1. The van der Waals surface area contributed by atoms with Crippen LogP contribution in [0.3, 0.4) is 0 Å². The number of aryl methyl sites for hydroxylation is 1. The van der Waals surface area contributed by atoms with E-state index in [1.807, 2.05) is 12.1 Å². The molecule has 1 aromatic heterocycles. The van der Waals surface area contributed by atoms with Gasteiger partial charge in [-0.25, -0.2) is 9.48 Å². The molecule has 0 unspecified atom stereocenters. The van der Waals surface area contributed by atoms with Gasteiger partial charge < -0.3 is 10.1 Å². The number of nitrogens with zero attached hydrogens (tertiary/aromatic N) is 2. The molecule has 1 amide bonds. The van der Waals surface area contributed by atoms with Crippen molar-refractivity contribution >= 4 is 35.1 Å². The van der Waals surface area contributed by atoms with E-state index in [0.717, 1.165) is 12.8 Å². The maximum absolute atomic E-state index is 13.0. The van der Waals surface area contributed by atoms with Crippen molar-refractivity contribution in [3.05, 3.63) is 105 Å². The first-order valence-electron chi connectivity index (χ1n) is 11.7. The lowest BCUT2D eigenvalue weighted by atomic mass is 10.1. The van der Waals surface area contributed by atoms with Crippen molar-refractivity contribution in [2.45, 2.75) is 25.8 Å². The lowest BCUT2D eigenvalue weighted by Crippen LogP contribution is -2.27. The van der Waals surface area contributed by atoms with Crippen molar-refractivity contribution < 1.29 is 14.3 Å². The smallest absolute Gasteiger partial charge is 0.358 e. The van der Waals surface area contributed by atoms with Gasteiger partial charge in [0.1, 0.15) is 0 Å². The molecule has 0 saturated heterocycles. The molecule has 1 aliphatic carbocycles. The second-order valence-electron chi connectivity index (χ2n) is 8.48. The number of ether oxygens (including phenoxy) is 1. The third-order valence-corrected chi connectivity index (χ3v) is 6.76. The Hall–Kier alpha value is -3.61. The number of amides is 1. The van der Waals surface area contributed by atoms with Crippen molar-refractivity contribution in [3.63, 3.8) is 0 Å². The van der Waals surface area contributed by atoms with Crippen LogP contribution in [0.4, 0.5) is 0 Å². The number of nitrogens with one attached hydrogen (secondary N) is 1. The molecule has 0 bridgehead atoms. The predicted molar refractivity (Wildman–Crippen MR) is 140 cm³/mol. The third-order valence-electron chi connectivity index (χ3n) is 6.21. The van der Waals surface area contributed by atoms with Gasteiger partial charge in [-0.05, 0) is 79.4 Å². The topological polar surface area (TPSA) is 73.2 Å². The van der Waals surface area contributed by atoms with E-state index in [1.165, 1.54) is 11.1 Å². The lowest BCUT2D eigenvalue weighted by molar-refractivity contribution is 0.0518. The first-order valence-corrected chi connectivity index (χ1v) is 12.4. The van der Waals surface area contributed by atoms with Gasteiger partial charge in [-0.3, -0.25) is 4.79 Å². The molecule has 5 rings (SSSR count). The van der Waals surface area contributed by atoms with Gasteiger partial charge >= 0.3 is 5.97 Å². The number of halogens is 2. The Morgan fingerprint density at radius 1 is 1.06 bits per heavy atom. The highest BCUT2D eigenvalue weighted by atomic mass is 35.5. The first-order chi connectivity index (χ1) is 17.4. The number of aromatic nitrogens is 2. The maximum atomic E-state index is 13.0. The number of benzene rings is 3. The number of fused-ring (bicyclic) bond motifs is 1. The van der Waals surface area contributed by atoms with Gasteiger partial charge in [0, 0.05) is 16.1 Å². The summed E-state index contributed by atoms with van der Waals surface area (Å²) in [6.07, 6.45) is 1.84. The number of rotatable bonds is 6. The summed E-state index contributed by atoms with van der Waals surface area (Å²) in [6.45, 7) is 1.97. The van der Waals surface area contributed by atoms with Crippen molar-refractivity contribution in [3.8, 4) is 16.9 Å². The highest BCUT2D eigenvalue weighted by Gasteiger charge is 2.24. The van der Waals surface area contributed by atoms with Crippen LogP contribution in [0.15, 0.2) is 72.8 Å². The maximum Gasteiger partial charge on any atom is 0.358 e. The molecule has 182 valence electrons. The van der Waals surface area contributed by atoms with E-state index in [2.05, 4.69) is 22.5 Å². The molecule has 1 N–H and O–H groups in total. The summed E-state index contributed by atoms with van der Waals surface area (Å²) in [4.78, 5) is 25.4. The van der Waals surface area contributed by atoms with Crippen molar-refractivity contribution in [1.82, 2.24) is 15.1 Å². The number of carbonyl (C=O) groups excluding carboxylic acids is 2. The van der Waals surface area contributed by atoms with Gasteiger partial charge in [-0.15, -0.1) is 0 Å². The predicted octanol–water partition coefficient (Wildman–Crippen LogP) is 6.44. The molecule has 1 aliphatic rings. The summed E-state index contributed by atoms with van der Waals surface area (Å²) in [7, 11) is 0. The summed E-state index contributed by atoms with van der Waals surface area (Å²) in [5.41, 5.74) is 5.06. The zero-order chi connectivity index (χ0) is 25.2. The lowest BCUT2D eigenvalue weighted by Gasteiger charge is -2.15. The molecular weight excluding hydrogens is 497 g/mol. The Bertz CT molecular complexity index is 1450. The van der Waals surface area contributed by atoms with Crippen LogP contribution in [0.1, 0.15) is 51.4 Å². The van der Waals surface area contributed by atoms with Crippen LogP contribution in [0.5, 0.6) is 0 Å². The van der Waals surface area contributed by atoms with Crippen LogP contribution in [0.2, 0.25) is 10.0 Å². The van der Waals surface area contributed by atoms with E-state index >= 15 is 0 Å². The zero-order valence-electron chi connectivity index (χ0n) is 19.5. The van der Waals surface area contributed by atoms with Gasteiger partial charge in [0.15, 0.2) is 5.69 Å². The Kier molecular flexibility index (Phi) is 6.81. The minimum atomic E-state index is -0.532. The highest BCUT2D eigenvalue weighted by molar-refractivity contribution is 6.36. The van der Waals surface area contributed by atoms with E-state index in [1.54, 1.807) is 60.1 Å². The third kappa shape index (κ3) is 4.74. The average Bonchev–Trinajstić information content (AvgIpc) is 3.49. The highest BCUT2D eigenvalue weighted by Crippen LogP contribution is 2.33. The standard InChI is InChI=1S/C28H23Cl2N3O3/c1-2-36-28(35)25-16-26(22-13-10-19(29)15-23(22)30)33(32-25)20-11-7-18(8-12-20)27(34)31-24-14-9-17-5-3-4-6-21(17)24/h3-8,10-13,15-16,24H,2,9,14H2,1H3,(H,31,34)/t24-/m0/s1. The van der Waals surface area contributed by atoms with Gasteiger partial charge in [0.25, 0.3) is 5.91 Å². The SMILES string of the molecule is CCOC(=O)c1cc(-c2ccc(Cl)cc2Cl)n(-c2ccc(C(=O)N[C@H]3CCc4ccccc43)cc2)n1. The Balaban J connectivity index is 1.44. The van der Waals surface area contributed by atoms with E-state index in [4.69, 9.17) is 27.9 Å². The van der Waals surface area contributed by atoms with E-state index < -0.39 is 5.97 Å². The molecule has 0 fully saturated rings. The minimum Gasteiger partial charge on any atom is -0.461 e. The summed E-state index contributed by atoms with van der Waals surface area (Å²) < 4.78 is 6.74. The molecule has 1 heterocycles. The summed E-state index contributed by atoms with van der Waals surface area (Å²) in [5, 5.41) is 8.54. The van der Waals surface area contributed by atoms with Crippen molar-refractivity contribution in [2.24, 2.45) is 0 Å². The monoisotopic (exact) mass is 519 g/mol. The van der Waals surface area contributed by atoms with Crippen molar-refractivity contribution in [1.29, 1.82) is 0 Å². The quantitative estimate of drug-likeness (QED) is 0.297. The van der Waals surface area contributed by atoms with Crippen LogP contribution >= 0.6 is 23.2 Å². The summed E-state index contributed by atoms with van der Waals surface area (Å²) in [5.74, 6) is -0.674. The van der Waals surface area contributed by atoms with Gasteiger partial charge in [0.2, 0.25) is 0 Å². The van der Waals surface area contributed by atoms with E-state index in [9.17, 15) is 9.59 Å². The molecular formula is C28H23Cl2N3O3. The molecule has 8 heteroatoms. The minimum absolute atomic E-state index is 0.00489. The van der Waals surface area contributed by atoms with Crippen molar-refractivity contribution in [2.75, 3.05) is 6.61 Å². The fourth-order valence-electron chi connectivity index (χ4n) is 4.47. The summed E-state index contributed by atoms with van der Waals surface area (Å²) in [6, 6.07) is 22.0. The molecule has 3 aromatic carbocycles. The second kappa shape index (κ2) is 10.2. The van der Waals surface area contributed by atoms with Crippen LogP contribution in [-0.2, 0) is 11.2 Å². The number of carbonyl (C=O) groups is 2. The molecule has 0 saturated carbocycles. The number of hydrogen-bond acceptors (Lipinski definition) is 4. The fourth-order valence-corrected chi connectivity index (χ4v) is 4.98. The average molecular weight is 520 g/mol. The molecule has 0 radical (unpaired) electrons. The molecule has 1 atom stereocenters. The molecule has 4 aromatic rings. The zero-order valence-corrected chi connectivity index (χ0v) is 21.0. The van der Waals surface area contributed by atoms with Crippen LogP contribution in [-0.4, -0.2) is 28.3 Å². The molecule has 6 nitrogen and oxygen atoms in total. The largest absolute Gasteiger partial charge is 0.461 e. The summed E-state index contributed by atoms with van der Waals surface area (Å²) >= 11 is 12.5.